The molecule has 3 amide bonds. The van der Waals surface area contributed by atoms with Gasteiger partial charge in [0.15, 0.2) is 12.4 Å². The highest BCUT2D eigenvalue weighted by Gasteiger charge is 2.10. The monoisotopic (exact) mass is 421 g/mol. The van der Waals surface area contributed by atoms with Crippen molar-refractivity contribution in [3.05, 3.63) is 78.8 Å². The number of carbonyl (C=O) groups is 3. The van der Waals surface area contributed by atoms with E-state index < -0.39 is 5.91 Å². The van der Waals surface area contributed by atoms with Gasteiger partial charge in [0.25, 0.3) is 11.8 Å². The topological polar surface area (TPSA) is 110 Å². The van der Waals surface area contributed by atoms with E-state index in [-0.39, 0.29) is 30.6 Å². The molecule has 31 heavy (non-hydrogen) atoms. The van der Waals surface area contributed by atoms with Crippen molar-refractivity contribution < 1.29 is 23.5 Å². The largest absolute Gasteiger partial charge is 0.483 e. The van der Waals surface area contributed by atoms with Crippen LogP contribution < -0.4 is 20.9 Å². The minimum Gasteiger partial charge on any atom is -0.483 e. The summed E-state index contributed by atoms with van der Waals surface area (Å²) in [5.41, 5.74) is 6.50. The van der Waals surface area contributed by atoms with Crippen molar-refractivity contribution >= 4 is 17.7 Å². The van der Waals surface area contributed by atoms with Crippen molar-refractivity contribution in [2.75, 3.05) is 13.2 Å². The zero-order valence-electron chi connectivity index (χ0n) is 16.8. The number of carbonyl (C=O) groups excluding carboxylic acids is 3. The number of hydrazine groups is 1. The number of benzene rings is 2. The Bertz CT molecular complexity index is 1000. The Balaban J connectivity index is 1.35. The van der Waals surface area contributed by atoms with Crippen molar-refractivity contribution in [3.8, 4) is 16.9 Å². The second kappa shape index (κ2) is 11.2. The minimum atomic E-state index is -0.484. The van der Waals surface area contributed by atoms with Crippen LogP contribution in [0, 0.1) is 0 Å². The van der Waals surface area contributed by atoms with Crippen LogP contribution in [0.2, 0.25) is 0 Å². The van der Waals surface area contributed by atoms with Crippen LogP contribution in [0.1, 0.15) is 23.4 Å². The van der Waals surface area contributed by atoms with E-state index in [1.165, 1.54) is 6.26 Å². The molecule has 0 aliphatic carbocycles. The number of nitrogens with one attached hydrogen (secondary N) is 3. The molecular weight excluding hydrogens is 398 g/mol. The molecule has 0 unspecified atom stereocenters. The van der Waals surface area contributed by atoms with E-state index in [1.54, 1.807) is 18.2 Å². The standard InChI is InChI=1S/C23H23N3O5/c27-21(13-6-14-24-23(29)20-12-7-15-30-20)25-26-22(28)16-31-19-11-5-4-10-18(19)17-8-2-1-3-9-17/h1-5,7-12,15H,6,13-14,16H2,(H,24,29)(H,25,27)(H,26,28). The van der Waals surface area contributed by atoms with Gasteiger partial charge in [-0.15, -0.1) is 0 Å². The summed E-state index contributed by atoms with van der Waals surface area (Å²) in [4.78, 5) is 35.5. The van der Waals surface area contributed by atoms with Crippen LogP contribution in [0.15, 0.2) is 77.4 Å². The van der Waals surface area contributed by atoms with E-state index in [9.17, 15) is 14.4 Å². The lowest BCUT2D eigenvalue weighted by Gasteiger charge is -2.12. The fourth-order valence-electron chi connectivity index (χ4n) is 2.78. The molecule has 0 aliphatic heterocycles. The maximum Gasteiger partial charge on any atom is 0.286 e. The van der Waals surface area contributed by atoms with Gasteiger partial charge < -0.3 is 14.5 Å². The number of furan rings is 1. The average molecular weight is 421 g/mol. The second-order valence-corrected chi connectivity index (χ2v) is 6.58. The summed E-state index contributed by atoms with van der Waals surface area (Å²) in [6, 6.07) is 20.3. The van der Waals surface area contributed by atoms with Gasteiger partial charge in [0.2, 0.25) is 5.91 Å². The lowest BCUT2D eigenvalue weighted by molar-refractivity contribution is -0.130. The summed E-state index contributed by atoms with van der Waals surface area (Å²) in [5.74, 6) is -0.410. The summed E-state index contributed by atoms with van der Waals surface area (Å²) in [6.45, 7) is 0.0591. The molecule has 3 aromatic rings. The normalized spacial score (nSPS) is 10.2. The Morgan fingerprint density at radius 1 is 0.839 bits per heavy atom. The Hall–Kier alpha value is -4.07. The molecule has 0 radical (unpaired) electrons. The van der Waals surface area contributed by atoms with Crippen molar-refractivity contribution in [1.29, 1.82) is 0 Å². The quantitative estimate of drug-likeness (QED) is 0.364. The van der Waals surface area contributed by atoms with Crippen LogP contribution in [0.5, 0.6) is 5.75 Å². The minimum absolute atomic E-state index is 0.135. The first-order valence-electron chi connectivity index (χ1n) is 9.80. The van der Waals surface area contributed by atoms with Crippen molar-refractivity contribution in [2.24, 2.45) is 0 Å². The third-order valence-electron chi connectivity index (χ3n) is 4.28. The first-order valence-corrected chi connectivity index (χ1v) is 9.80. The first-order chi connectivity index (χ1) is 15.1. The predicted octanol–water partition coefficient (Wildman–Crippen LogP) is 2.68. The van der Waals surface area contributed by atoms with E-state index in [2.05, 4.69) is 16.2 Å². The third-order valence-corrected chi connectivity index (χ3v) is 4.28. The first kappa shape index (κ1) is 21.6. The Morgan fingerprint density at radius 3 is 2.35 bits per heavy atom. The molecule has 0 bridgehead atoms. The van der Waals surface area contributed by atoms with Gasteiger partial charge in [0.05, 0.1) is 6.26 Å². The number of hydrogen-bond acceptors (Lipinski definition) is 5. The molecule has 0 fully saturated rings. The molecule has 160 valence electrons. The number of para-hydroxylation sites is 1. The van der Waals surface area contributed by atoms with Gasteiger partial charge in [0.1, 0.15) is 5.75 Å². The SMILES string of the molecule is O=C(CCCNC(=O)c1ccco1)NNC(=O)COc1ccccc1-c1ccccc1. The van der Waals surface area contributed by atoms with Gasteiger partial charge >= 0.3 is 0 Å². The highest BCUT2D eigenvalue weighted by molar-refractivity contribution is 5.91. The van der Waals surface area contributed by atoms with Gasteiger partial charge in [-0.25, -0.2) is 0 Å². The molecule has 8 heteroatoms. The van der Waals surface area contributed by atoms with Gasteiger partial charge in [-0.2, -0.15) is 0 Å². The van der Waals surface area contributed by atoms with Crippen molar-refractivity contribution in [1.82, 2.24) is 16.2 Å². The zero-order chi connectivity index (χ0) is 21.9. The van der Waals surface area contributed by atoms with Crippen LogP contribution in [-0.4, -0.2) is 30.9 Å². The lowest BCUT2D eigenvalue weighted by atomic mass is 10.1. The molecule has 0 saturated heterocycles. The average Bonchev–Trinajstić information content (AvgIpc) is 3.35. The molecule has 2 aromatic carbocycles. The molecule has 3 N–H and O–H groups in total. The number of hydrogen-bond donors (Lipinski definition) is 3. The van der Waals surface area contributed by atoms with Gasteiger partial charge in [-0.1, -0.05) is 48.5 Å². The summed E-state index contributed by atoms with van der Waals surface area (Å²) in [7, 11) is 0. The summed E-state index contributed by atoms with van der Waals surface area (Å²) >= 11 is 0. The van der Waals surface area contributed by atoms with E-state index in [0.29, 0.717) is 18.7 Å². The van der Waals surface area contributed by atoms with Crippen LogP contribution in [-0.2, 0) is 9.59 Å². The maximum absolute atomic E-state index is 12.0. The van der Waals surface area contributed by atoms with Crippen molar-refractivity contribution in [3.63, 3.8) is 0 Å². The molecule has 0 saturated carbocycles. The predicted molar refractivity (Wildman–Crippen MR) is 114 cm³/mol. The fraction of sp³-hybridized carbons (Fsp3) is 0.174. The Morgan fingerprint density at radius 2 is 1.58 bits per heavy atom. The van der Waals surface area contributed by atoms with Crippen LogP contribution in [0.4, 0.5) is 0 Å². The molecule has 0 aliphatic rings. The van der Waals surface area contributed by atoms with E-state index in [4.69, 9.17) is 9.15 Å². The Kier molecular flexibility index (Phi) is 7.82. The molecular formula is C23H23N3O5. The lowest BCUT2D eigenvalue weighted by Crippen LogP contribution is -2.44. The molecule has 1 aromatic heterocycles. The number of ether oxygens (including phenoxy) is 1. The van der Waals surface area contributed by atoms with Gasteiger partial charge in [-0.3, -0.25) is 25.2 Å². The van der Waals surface area contributed by atoms with Crippen LogP contribution in [0.3, 0.4) is 0 Å². The smallest absolute Gasteiger partial charge is 0.286 e. The van der Waals surface area contributed by atoms with E-state index in [1.807, 2.05) is 48.5 Å². The summed E-state index contributed by atoms with van der Waals surface area (Å²) < 4.78 is 10.6. The van der Waals surface area contributed by atoms with Gasteiger partial charge in [0, 0.05) is 18.5 Å². The highest BCUT2D eigenvalue weighted by Crippen LogP contribution is 2.29. The fourth-order valence-corrected chi connectivity index (χ4v) is 2.78. The highest BCUT2D eigenvalue weighted by atomic mass is 16.5. The zero-order valence-corrected chi connectivity index (χ0v) is 16.8. The van der Waals surface area contributed by atoms with Crippen molar-refractivity contribution in [2.45, 2.75) is 12.8 Å². The Labute approximate surface area is 179 Å². The second-order valence-electron chi connectivity index (χ2n) is 6.58. The van der Waals surface area contributed by atoms with Crippen LogP contribution >= 0.6 is 0 Å². The molecule has 1 heterocycles. The summed E-state index contributed by atoms with van der Waals surface area (Å²) in [5, 5.41) is 2.64. The van der Waals surface area contributed by atoms with Gasteiger partial charge in [-0.05, 0) is 30.2 Å². The molecule has 3 rings (SSSR count). The molecule has 0 spiro atoms. The summed E-state index contributed by atoms with van der Waals surface area (Å²) in [6.07, 6.45) is 1.96. The number of amides is 3. The number of rotatable bonds is 9. The molecule has 8 nitrogen and oxygen atoms in total. The maximum atomic E-state index is 12.0. The van der Waals surface area contributed by atoms with E-state index in [0.717, 1.165) is 11.1 Å². The molecule has 0 atom stereocenters. The third kappa shape index (κ3) is 6.74. The van der Waals surface area contributed by atoms with E-state index >= 15 is 0 Å². The van der Waals surface area contributed by atoms with Crippen LogP contribution in [0.25, 0.3) is 11.1 Å².